The summed E-state index contributed by atoms with van der Waals surface area (Å²) in [6, 6.07) is 8.73. The van der Waals surface area contributed by atoms with Gasteiger partial charge >= 0.3 is 0 Å². The third-order valence-electron chi connectivity index (χ3n) is 4.37. The molecule has 1 aromatic carbocycles. The smallest absolute Gasteiger partial charge is 0.227 e. The third kappa shape index (κ3) is 2.31. The number of carbonyl (C=O) groups is 1. The highest BCUT2D eigenvalue weighted by Gasteiger charge is 2.28. The van der Waals surface area contributed by atoms with Gasteiger partial charge in [0, 0.05) is 42.3 Å². The topological polar surface area (TPSA) is 48.1 Å². The average Bonchev–Trinajstić information content (AvgIpc) is 2.85. The third-order valence-corrected chi connectivity index (χ3v) is 4.37. The number of hydrogen-bond donors (Lipinski definition) is 2. The Kier molecular flexibility index (Phi) is 3.49. The van der Waals surface area contributed by atoms with Crippen molar-refractivity contribution in [2.24, 2.45) is 0 Å². The number of nitrogens with one attached hydrogen (secondary N) is 2. The highest BCUT2D eigenvalue weighted by molar-refractivity contribution is 5.89. The lowest BCUT2D eigenvalue weighted by Gasteiger charge is -2.38. The SMILES string of the molecule is CC1NCCN(C(=O)Cc2c[nH]c3ccccc23)C1C. The number of hydrogen-bond acceptors (Lipinski definition) is 2. The van der Waals surface area contributed by atoms with E-state index < -0.39 is 0 Å². The van der Waals surface area contributed by atoms with Gasteiger partial charge in [0.15, 0.2) is 0 Å². The van der Waals surface area contributed by atoms with E-state index in [2.05, 4.69) is 30.2 Å². The second kappa shape index (κ2) is 5.29. The van der Waals surface area contributed by atoms with Crippen LogP contribution in [-0.2, 0) is 11.2 Å². The van der Waals surface area contributed by atoms with E-state index in [4.69, 9.17) is 0 Å². The van der Waals surface area contributed by atoms with E-state index in [1.807, 2.05) is 29.3 Å². The Labute approximate surface area is 119 Å². The van der Waals surface area contributed by atoms with Gasteiger partial charge in [-0.1, -0.05) is 18.2 Å². The van der Waals surface area contributed by atoms with Crippen molar-refractivity contribution in [1.82, 2.24) is 15.2 Å². The van der Waals surface area contributed by atoms with Crippen molar-refractivity contribution >= 4 is 16.8 Å². The molecule has 1 aromatic heterocycles. The zero-order valence-electron chi connectivity index (χ0n) is 12.0. The van der Waals surface area contributed by atoms with Crippen molar-refractivity contribution in [2.75, 3.05) is 13.1 Å². The lowest BCUT2D eigenvalue weighted by molar-refractivity contribution is -0.134. The molecule has 1 aliphatic rings. The molecule has 2 unspecified atom stereocenters. The molecule has 4 nitrogen and oxygen atoms in total. The van der Waals surface area contributed by atoms with Gasteiger partial charge in [0.2, 0.25) is 5.91 Å². The van der Waals surface area contributed by atoms with Gasteiger partial charge in [0.1, 0.15) is 0 Å². The fraction of sp³-hybridized carbons (Fsp3) is 0.438. The largest absolute Gasteiger partial charge is 0.361 e. The van der Waals surface area contributed by atoms with Crippen LogP contribution in [0.5, 0.6) is 0 Å². The van der Waals surface area contributed by atoms with Crippen LogP contribution in [0, 0.1) is 0 Å². The summed E-state index contributed by atoms with van der Waals surface area (Å²) in [5, 5.41) is 4.55. The number of rotatable bonds is 2. The molecule has 3 rings (SSSR count). The molecule has 0 saturated carbocycles. The summed E-state index contributed by atoms with van der Waals surface area (Å²) in [6.07, 6.45) is 2.43. The summed E-state index contributed by atoms with van der Waals surface area (Å²) in [5.41, 5.74) is 2.18. The van der Waals surface area contributed by atoms with Crippen LogP contribution < -0.4 is 5.32 Å². The lowest BCUT2D eigenvalue weighted by Crippen LogP contribution is -2.57. The van der Waals surface area contributed by atoms with Crippen molar-refractivity contribution in [3.8, 4) is 0 Å². The molecule has 0 bridgehead atoms. The van der Waals surface area contributed by atoms with Gasteiger partial charge in [0.25, 0.3) is 0 Å². The van der Waals surface area contributed by atoms with Gasteiger partial charge in [-0.3, -0.25) is 4.79 Å². The van der Waals surface area contributed by atoms with Crippen molar-refractivity contribution in [3.05, 3.63) is 36.0 Å². The standard InChI is InChI=1S/C16H21N3O/c1-11-12(2)19(8-7-17-11)16(20)9-13-10-18-15-6-4-3-5-14(13)15/h3-6,10-12,17-18H,7-9H2,1-2H3. The Morgan fingerprint density at radius 1 is 1.35 bits per heavy atom. The minimum absolute atomic E-state index is 0.218. The molecule has 20 heavy (non-hydrogen) atoms. The molecule has 1 aliphatic heterocycles. The van der Waals surface area contributed by atoms with Gasteiger partial charge in [-0.15, -0.1) is 0 Å². The van der Waals surface area contributed by atoms with Crippen LogP contribution in [0.25, 0.3) is 10.9 Å². The van der Waals surface area contributed by atoms with Crippen LogP contribution in [0.1, 0.15) is 19.4 Å². The first-order valence-corrected chi connectivity index (χ1v) is 7.24. The van der Waals surface area contributed by atoms with Gasteiger partial charge in [-0.25, -0.2) is 0 Å². The van der Waals surface area contributed by atoms with Crippen molar-refractivity contribution in [2.45, 2.75) is 32.4 Å². The summed E-state index contributed by atoms with van der Waals surface area (Å²) < 4.78 is 0. The first kappa shape index (κ1) is 13.2. The quantitative estimate of drug-likeness (QED) is 0.876. The molecule has 2 aromatic rings. The second-order valence-corrected chi connectivity index (χ2v) is 5.61. The number of amides is 1. The summed E-state index contributed by atoms with van der Waals surface area (Å²) in [7, 11) is 0. The summed E-state index contributed by atoms with van der Waals surface area (Å²) in [4.78, 5) is 17.8. The minimum atomic E-state index is 0.218. The number of fused-ring (bicyclic) bond motifs is 1. The maximum atomic E-state index is 12.5. The van der Waals surface area contributed by atoms with E-state index in [0.29, 0.717) is 12.5 Å². The van der Waals surface area contributed by atoms with Gasteiger partial charge in [0.05, 0.1) is 6.42 Å². The van der Waals surface area contributed by atoms with E-state index >= 15 is 0 Å². The van der Waals surface area contributed by atoms with Gasteiger partial charge in [-0.05, 0) is 25.5 Å². The molecule has 0 radical (unpaired) electrons. The minimum Gasteiger partial charge on any atom is -0.361 e. The number of aromatic nitrogens is 1. The molecular weight excluding hydrogens is 250 g/mol. The molecular formula is C16H21N3O. The Bertz CT molecular complexity index is 619. The molecule has 1 amide bonds. The molecule has 4 heteroatoms. The zero-order chi connectivity index (χ0) is 14.1. The number of para-hydroxylation sites is 1. The van der Waals surface area contributed by atoms with Crippen LogP contribution in [-0.4, -0.2) is 41.0 Å². The summed E-state index contributed by atoms with van der Waals surface area (Å²) in [6.45, 7) is 5.93. The Morgan fingerprint density at radius 3 is 3.00 bits per heavy atom. The first-order valence-electron chi connectivity index (χ1n) is 7.24. The van der Waals surface area contributed by atoms with E-state index in [1.165, 1.54) is 0 Å². The van der Waals surface area contributed by atoms with Crippen LogP contribution in [0.3, 0.4) is 0 Å². The van der Waals surface area contributed by atoms with Crippen LogP contribution >= 0.6 is 0 Å². The van der Waals surface area contributed by atoms with Crippen LogP contribution in [0.15, 0.2) is 30.5 Å². The zero-order valence-corrected chi connectivity index (χ0v) is 12.0. The summed E-state index contributed by atoms with van der Waals surface area (Å²) in [5.74, 6) is 0.218. The molecule has 2 N–H and O–H groups in total. The molecule has 2 atom stereocenters. The Morgan fingerprint density at radius 2 is 2.15 bits per heavy atom. The average molecular weight is 271 g/mol. The number of aromatic amines is 1. The monoisotopic (exact) mass is 271 g/mol. The number of piperazine rings is 1. The lowest BCUT2D eigenvalue weighted by atomic mass is 10.0. The molecule has 1 saturated heterocycles. The van der Waals surface area contributed by atoms with Crippen molar-refractivity contribution in [1.29, 1.82) is 0 Å². The van der Waals surface area contributed by atoms with Crippen molar-refractivity contribution in [3.63, 3.8) is 0 Å². The maximum absolute atomic E-state index is 12.5. The number of benzene rings is 1. The predicted molar refractivity (Wildman–Crippen MR) is 80.6 cm³/mol. The number of nitrogens with zero attached hydrogens (tertiary/aromatic N) is 1. The predicted octanol–water partition coefficient (Wildman–Crippen LogP) is 1.92. The summed E-state index contributed by atoms with van der Waals surface area (Å²) >= 11 is 0. The fourth-order valence-electron chi connectivity index (χ4n) is 2.95. The van der Waals surface area contributed by atoms with E-state index in [0.717, 1.165) is 29.6 Å². The van der Waals surface area contributed by atoms with Gasteiger partial charge in [-0.2, -0.15) is 0 Å². The highest BCUT2D eigenvalue weighted by Crippen LogP contribution is 2.20. The van der Waals surface area contributed by atoms with Gasteiger partial charge < -0.3 is 15.2 Å². The Balaban J connectivity index is 1.78. The second-order valence-electron chi connectivity index (χ2n) is 5.61. The van der Waals surface area contributed by atoms with Crippen molar-refractivity contribution < 1.29 is 4.79 Å². The number of H-pyrrole nitrogens is 1. The van der Waals surface area contributed by atoms with E-state index in [9.17, 15) is 4.79 Å². The molecule has 106 valence electrons. The van der Waals surface area contributed by atoms with E-state index in [1.54, 1.807) is 0 Å². The normalized spacial score (nSPS) is 23.2. The van der Waals surface area contributed by atoms with Crippen LogP contribution in [0.2, 0.25) is 0 Å². The first-order chi connectivity index (χ1) is 9.66. The molecule has 2 heterocycles. The number of carbonyl (C=O) groups excluding carboxylic acids is 1. The highest BCUT2D eigenvalue weighted by atomic mass is 16.2. The molecule has 0 spiro atoms. The molecule has 0 aliphatic carbocycles. The fourth-order valence-corrected chi connectivity index (χ4v) is 2.95. The van der Waals surface area contributed by atoms with E-state index in [-0.39, 0.29) is 11.9 Å². The Hall–Kier alpha value is -1.81. The molecule has 1 fully saturated rings. The van der Waals surface area contributed by atoms with Crippen LogP contribution in [0.4, 0.5) is 0 Å². The maximum Gasteiger partial charge on any atom is 0.227 e.